The number of H-pyrrole nitrogens is 1. The fourth-order valence-electron chi connectivity index (χ4n) is 1.77. The average molecular weight is 239 g/mol. The molecule has 0 aliphatic heterocycles. The van der Waals surface area contributed by atoms with Gasteiger partial charge in [-0.1, -0.05) is 18.2 Å². The molecule has 3 nitrogen and oxygen atoms in total. The number of rotatable bonds is 4. The van der Waals surface area contributed by atoms with Crippen LogP contribution in [0.2, 0.25) is 0 Å². The second-order valence-electron chi connectivity index (χ2n) is 3.85. The number of carbonyl (C=O) groups is 1. The molecule has 2 N–H and O–H groups in total. The second kappa shape index (κ2) is 4.16. The molecule has 0 amide bonds. The lowest BCUT2D eigenvalue weighted by Crippen LogP contribution is -2.14. The summed E-state index contributed by atoms with van der Waals surface area (Å²) < 4.78 is 27.6. The van der Waals surface area contributed by atoms with Crippen molar-refractivity contribution in [2.75, 3.05) is 0 Å². The summed E-state index contributed by atoms with van der Waals surface area (Å²) in [5.41, 5.74) is 0.479. The minimum absolute atomic E-state index is 0.144. The Morgan fingerprint density at radius 2 is 2.06 bits per heavy atom. The van der Waals surface area contributed by atoms with Gasteiger partial charge in [0.05, 0.1) is 6.42 Å². The zero-order valence-corrected chi connectivity index (χ0v) is 8.91. The quantitative estimate of drug-likeness (QED) is 0.861. The first kappa shape index (κ1) is 11.6. The minimum atomic E-state index is -3.13. The molecule has 90 valence electrons. The minimum Gasteiger partial charge on any atom is -0.481 e. The van der Waals surface area contributed by atoms with Gasteiger partial charge in [-0.05, 0) is 6.07 Å². The second-order valence-corrected chi connectivity index (χ2v) is 3.85. The summed E-state index contributed by atoms with van der Waals surface area (Å²) in [7, 11) is 0. The number of aromatic nitrogens is 1. The van der Waals surface area contributed by atoms with Crippen LogP contribution in [0, 0.1) is 0 Å². The Morgan fingerprint density at radius 1 is 1.35 bits per heavy atom. The van der Waals surface area contributed by atoms with E-state index in [9.17, 15) is 13.6 Å². The number of nitrogens with one attached hydrogen (secondary N) is 1. The molecule has 0 saturated carbocycles. The maximum atomic E-state index is 13.8. The van der Waals surface area contributed by atoms with Gasteiger partial charge in [-0.3, -0.25) is 4.79 Å². The number of hydrogen-bond acceptors (Lipinski definition) is 1. The molecule has 0 atom stereocenters. The summed E-state index contributed by atoms with van der Waals surface area (Å²) in [5, 5.41) is 8.88. The molecule has 0 aliphatic carbocycles. The molecule has 1 heterocycles. The Balaban J connectivity index is 2.35. The molecular weight excluding hydrogens is 228 g/mol. The number of alkyl halides is 2. The van der Waals surface area contributed by atoms with E-state index in [0.29, 0.717) is 10.9 Å². The van der Waals surface area contributed by atoms with E-state index in [1.807, 2.05) is 0 Å². The van der Waals surface area contributed by atoms with Crippen molar-refractivity contribution >= 4 is 16.9 Å². The van der Waals surface area contributed by atoms with E-state index in [1.54, 1.807) is 24.3 Å². The van der Waals surface area contributed by atoms with Gasteiger partial charge in [0, 0.05) is 29.1 Å². The number of carboxylic acids is 1. The molecule has 1 aromatic carbocycles. The predicted molar refractivity (Wildman–Crippen MR) is 59.1 cm³/mol. The van der Waals surface area contributed by atoms with Crippen LogP contribution in [0.5, 0.6) is 0 Å². The molecule has 0 fully saturated rings. The fourth-order valence-corrected chi connectivity index (χ4v) is 1.77. The number of aliphatic carboxylic acids is 1. The van der Waals surface area contributed by atoms with Crippen molar-refractivity contribution in [3.8, 4) is 0 Å². The van der Waals surface area contributed by atoms with E-state index in [2.05, 4.69) is 4.98 Å². The van der Waals surface area contributed by atoms with Gasteiger partial charge < -0.3 is 10.1 Å². The van der Waals surface area contributed by atoms with E-state index in [-0.39, 0.29) is 5.56 Å². The van der Waals surface area contributed by atoms with Crippen LogP contribution in [0.4, 0.5) is 8.78 Å². The SMILES string of the molecule is O=C(O)CCC(F)(F)c1c[nH]c2ccccc12. The molecule has 0 saturated heterocycles. The summed E-state index contributed by atoms with van der Waals surface area (Å²) in [4.78, 5) is 13.1. The van der Waals surface area contributed by atoms with Crippen LogP contribution in [-0.4, -0.2) is 16.1 Å². The van der Waals surface area contributed by atoms with Crippen molar-refractivity contribution in [1.82, 2.24) is 4.98 Å². The highest BCUT2D eigenvalue weighted by molar-refractivity contribution is 5.83. The molecule has 0 unspecified atom stereocenters. The third-order valence-electron chi connectivity index (χ3n) is 2.64. The van der Waals surface area contributed by atoms with Gasteiger partial charge in [0.15, 0.2) is 0 Å². The predicted octanol–water partition coefficient (Wildman–Crippen LogP) is 3.12. The van der Waals surface area contributed by atoms with E-state index in [4.69, 9.17) is 5.11 Å². The van der Waals surface area contributed by atoms with Crippen LogP contribution in [-0.2, 0) is 10.7 Å². The lowest BCUT2D eigenvalue weighted by atomic mass is 10.0. The molecular formula is C12H11F2NO2. The average Bonchev–Trinajstić information content (AvgIpc) is 2.71. The Bertz CT molecular complexity index is 548. The summed E-state index contributed by atoms with van der Waals surface area (Å²) in [6.07, 6.45) is 0.00318. The Labute approximate surface area is 96.1 Å². The summed E-state index contributed by atoms with van der Waals surface area (Å²) >= 11 is 0. The largest absolute Gasteiger partial charge is 0.481 e. The molecule has 2 rings (SSSR count). The zero-order chi connectivity index (χ0) is 12.5. The maximum Gasteiger partial charge on any atom is 0.303 e. The normalized spacial score (nSPS) is 11.9. The third kappa shape index (κ3) is 2.27. The molecule has 17 heavy (non-hydrogen) atoms. The highest BCUT2D eigenvalue weighted by atomic mass is 19.3. The number of benzene rings is 1. The van der Waals surface area contributed by atoms with Crippen molar-refractivity contribution in [3.05, 3.63) is 36.0 Å². The maximum absolute atomic E-state index is 13.8. The van der Waals surface area contributed by atoms with Gasteiger partial charge in [-0.15, -0.1) is 0 Å². The summed E-state index contributed by atoms with van der Waals surface area (Å²) in [6.45, 7) is 0. The Morgan fingerprint density at radius 3 is 2.76 bits per heavy atom. The molecule has 0 bridgehead atoms. The lowest BCUT2D eigenvalue weighted by Gasteiger charge is -2.14. The van der Waals surface area contributed by atoms with E-state index in [1.165, 1.54) is 6.20 Å². The standard InChI is InChI=1S/C12H11F2NO2/c13-12(14,6-5-11(16)17)9-7-15-10-4-2-1-3-8(9)10/h1-4,7,15H,5-6H2,(H,16,17). The molecule has 0 spiro atoms. The fraction of sp³-hybridized carbons (Fsp3) is 0.250. The van der Waals surface area contributed by atoms with Crippen molar-refractivity contribution in [2.24, 2.45) is 0 Å². The first-order valence-corrected chi connectivity index (χ1v) is 5.17. The molecule has 0 aliphatic rings. The first-order chi connectivity index (χ1) is 8.00. The van der Waals surface area contributed by atoms with Crippen LogP contribution >= 0.6 is 0 Å². The first-order valence-electron chi connectivity index (χ1n) is 5.17. The van der Waals surface area contributed by atoms with Gasteiger partial charge in [-0.2, -0.15) is 0 Å². The van der Waals surface area contributed by atoms with Crippen molar-refractivity contribution in [1.29, 1.82) is 0 Å². The van der Waals surface area contributed by atoms with Gasteiger partial charge in [-0.25, -0.2) is 8.78 Å². The van der Waals surface area contributed by atoms with Gasteiger partial charge in [0.25, 0.3) is 5.92 Å². The van der Waals surface area contributed by atoms with Crippen molar-refractivity contribution in [3.63, 3.8) is 0 Å². The number of halogens is 2. The zero-order valence-electron chi connectivity index (χ0n) is 8.91. The van der Waals surface area contributed by atoms with Gasteiger partial charge >= 0.3 is 5.97 Å². The highest BCUT2D eigenvalue weighted by Gasteiger charge is 2.34. The molecule has 5 heteroatoms. The molecule has 0 radical (unpaired) electrons. The summed E-state index contributed by atoms with van der Waals surface area (Å²) in [6, 6.07) is 6.72. The van der Waals surface area contributed by atoms with E-state index >= 15 is 0 Å². The van der Waals surface area contributed by atoms with Crippen molar-refractivity contribution in [2.45, 2.75) is 18.8 Å². The monoisotopic (exact) mass is 239 g/mol. The number of para-hydroxylation sites is 1. The smallest absolute Gasteiger partial charge is 0.303 e. The van der Waals surface area contributed by atoms with Gasteiger partial charge in [0.2, 0.25) is 0 Å². The highest BCUT2D eigenvalue weighted by Crippen LogP contribution is 2.37. The van der Waals surface area contributed by atoms with Crippen LogP contribution in [0.15, 0.2) is 30.5 Å². The van der Waals surface area contributed by atoms with Crippen LogP contribution in [0.1, 0.15) is 18.4 Å². The van der Waals surface area contributed by atoms with Crippen LogP contribution < -0.4 is 0 Å². The lowest BCUT2D eigenvalue weighted by molar-refractivity contribution is -0.139. The summed E-state index contributed by atoms with van der Waals surface area (Å²) in [5.74, 6) is -4.35. The topological polar surface area (TPSA) is 53.1 Å². The third-order valence-corrected chi connectivity index (χ3v) is 2.64. The van der Waals surface area contributed by atoms with Crippen molar-refractivity contribution < 1.29 is 18.7 Å². The van der Waals surface area contributed by atoms with Crippen LogP contribution in [0.25, 0.3) is 10.9 Å². The number of fused-ring (bicyclic) bond motifs is 1. The number of carboxylic acid groups (broad SMARTS) is 1. The number of aromatic amines is 1. The van der Waals surface area contributed by atoms with E-state index in [0.717, 1.165) is 0 Å². The molecule has 2 aromatic rings. The van der Waals surface area contributed by atoms with Crippen LogP contribution in [0.3, 0.4) is 0 Å². The Hall–Kier alpha value is -1.91. The number of hydrogen-bond donors (Lipinski definition) is 2. The van der Waals surface area contributed by atoms with Gasteiger partial charge in [0.1, 0.15) is 0 Å². The molecule has 1 aromatic heterocycles. The van der Waals surface area contributed by atoms with E-state index < -0.39 is 24.7 Å². The Kier molecular flexibility index (Phi) is 2.83.